The molecule has 4 rings (SSSR count). The molecular formula is C24H26N4O4. The van der Waals surface area contributed by atoms with E-state index in [4.69, 9.17) is 0 Å². The van der Waals surface area contributed by atoms with E-state index in [9.17, 15) is 19.2 Å². The Bertz CT molecular complexity index is 914. The van der Waals surface area contributed by atoms with Crippen LogP contribution in [0.1, 0.15) is 12.8 Å². The van der Waals surface area contributed by atoms with Gasteiger partial charge in [0.2, 0.25) is 23.6 Å². The van der Waals surface area contributed by atoms with Crippen molar-refractivity contribution in [3.8, 4) is 0 Å². The molecule has 0 saturated carbocycles. The van der Waals surface area contributed by atoms with Crippen LogP contribution in [0.25, 0.3) is 0 Å². The highest BCUT2D eigenvalue weighted by molar-refractivity contribution is 6.01. The highest BCUT2D eigenvalue weighted by atomic mass is 16.2. The molecule has 0 unspecified atom stereocenters. The lowest BCUT2D eigenvalue weighted by Gasteiger charge is -2.17. The van der Waals surface area contributed by atoms with E-state index in [1.165, 1.54) is 0 Å². The van der Waals surface area contributed by atoms with Gasteiger partial charge in [-0.15, -0.1) is 0 Å². The summed E-state index contributed by atoms with van der Waals surface area (Å²) in [4.78, 5) is 52.7. The fourth-order valence-corrected chi connectivity index (χ4v) is 4.14. The Morgan fingerprint density at radius 3 is 1.44 bits per heavy atom. The van der Waals surface area contributed by atoms with E-state index in [1.54, 1.807) is 9.80 Å². The first kappa shape index (κ1) is 21.5. The number of hydrogen-bond acceptors (Lipinski definition) is 4. The number of carbonyl (C=O) groups is 4. The first-order valence-corrected chi connectivity index (χ1v) is 10.8. The maximum atomic E-state index is 12.5. The lowest BCUT2D eigenvalue weighted by molar-refractivity contribution is -0.127. The van der Waals surface area contributed by atoms with Gasteiger partial charge in [0.25, 0.3) is 0 Å². The highest BCUT2D eigenvalue weighted by Gasteiger charge is 2.36. The van der Waals surface area contributed by atoms with E-state index < -0.39 is 11.8 Å². The van der Waals surface area contributed by atoms with Crippen LogP contribution in [-0.4, -0.2) is 49.8 Å². The minimum atomic E-state index is -0.412. The van der Waals surface area contributed by atoms with Gasteiger partial charge < -0.3 is 20.4 Å². The molecule has 0 aromatic heterocycles. The van der Waals surface area contributed by atoms with E-state index >= 15 is 0 Å². The zero-order chi connectivity index (χ0) is 22.5. The van der Waals surface area contributed by atoms with Gasteiger partial charge in [-0.1, -0.05) is 36.4 Å². The van der Waals surface area contributed by atoms with Crippen molar-refractivity contribution in [2.75, 3.05) is 36.0 Å². The fourth-order valence-electron chi connectivity index (χ4n) is 4.14. The molecule has 2 aliphatic heterocycles. The van der Waals surface area contributed by atoms with Crippen molar-refractivity contribution in [2.45, 2.75) is 12.8 Å². The number of hydrogen-bond donors (Lipinski definition) is 2. The molecule has 166 valence electrons. The molecule has 0 spiro atoms. The second-order valence-electron chi connectivity index (χ2n) is 8.06. The first-order chi connectivity index (χ1) is 15.5. The van der Waals surface area contributed by atoms with E-state index in [0.29, 0.717) is 13.1 Å². The predicted molar refractivity (Wildman–Crippen MR) is 120 cm³/mol. The Balaban J connectivity index is 1.19. The number of carbonyl (C=O) groups excluding carboxylic acids is 4. The minimum Gasteiger partial charge on any atom is -0.354 e. The molecule has 2 aromatic carbocycles. The van der Waals surface area contributed by atoms with E-state index in [-0.39, 0.29) is 49.6 Å². The molecule has 8 nitrogen and oxygen atoms in total. The average Bonchev–Trinajstić information content (AvgIpc) is 3.40. The van der Waals surface area contributed by atoms with E-state index in [2.05, 4.69) is 10.6 Å². The van der Waals surface area contributed by atoms with Crippen LogP contribution in [0.5, 0.6) is 0 Å². The maximum Gasteiger partial charge on any atom is 0.227 e. The summed E-state index contributed by atoms with van der Waals surface area (Å²) in [5, 5.41) is 5.59. The van der Waals surface area contributed by atoms with Gasteiger partial charge in [-0.3, -0.25) is 19.2 Å². The van der Waals surface area contributed by atoms with Crippen LogP contribution in [0.3, 0.4) is 0 Å². The third-order valence-corrected chi connectivity index (χ3v) is 5.85. The Hall–Kier alpha value is -3.68. The Morgan fingerprint density at radius 1 is 0.688 bits per heavy atom. The van der Waals surface area contributed by atoms with Gasteiger partial charge in [-0.05, 0) is 24.3 Å². The van der Waals surface area contributed by atoms with Crippen molar-refractivity contribution in [2.24, 2.45) is 11.8 Å². The summed E-state index contributed by atoms with van der Waals surface area (Å²) in [5.74, 6) is -1.36. The van der Waals surface area contributed by atoms with E-state index in [1.807, 2.05) is 60.7 Å². The van der Waals surface area contributed by atoms with Gasteiger partial charge in [0.05, 0.1) is 11.8 Å². The monoisotopic (exact) mass is 434 g/mol. The molecule has 2 aliphatic rings. The molecule has 32 heavy (non-hydrogen) atoms. The van der Waals surface area contributed by atoms with Crippen LogP contribution in [0.4, 0.5) is 11.4 Å². The summed E-state index contributed by atoms with van der Waals surface area (Å²) in [6.45, 7) is 1.23. The summed E-state index contributed by atoms with van der Waals surface area (Å²) in [5.41, 5.74) is 1.58. The van der Waals surface area contributed by atoms with Crippen molar-refractivity contribution in [3.05, 3.63) is 60.7 Å². The van der Waals surface area contributed by atoms with Crippen molar-refractivity contribution >= 4 is 35.0 Å². The number of amides is 4. The smallest absolute Gasteiger partial charge is 0.227 e. The van der Waals surface area contributed by atoms with Gasteiger partial charge in [0.1, 0.15) is 0 Å². The summed E-state index contributed by atoms with van der Waals surface area (Å²) < 4.78 is 0. The zero-order valence-electron chi connectivity index (χ0n) is 17.7. The van der Waals surface area contributed by atoms with Crippen molar-refractivity contribution < 1.29 is 19.2 Å². The van der Waals surface area contributed by atoms with Crippen molar-refractivity contribution in [3.63, 3.8) is 0 Å². The lowest BCUT2D eigenvalue weighted by Crippen LogP contribution is -2.40. The molecule has 0 bridgehead atoms. The topological polar surface area (TPSA) is 98.8 Å². The van der Waals surface area contributed by atoms with Gasteiger partial charge in [0.15, 0.2) is 0 Å². The van der Waals surface area contributed by atoms with Crippen LogP contribution < -0.4 is 20.4 Å². The van der Waals surface area contributed by atoms with Gasteiger partial charge in [0, 0.05) is 50.4 Å². The number of nitrogens with zero attached hydrogens (tertiary/aromatic N) is 2. The summed E-state index contributed by atoms with van der Waals surface area (Å²) in [6.07, 6.45) is 0.346. The first-order valence-electron chi connectivity index (χ1n) is 10.8. The predicted octanol–water partition coefficient (Wildman–Crippen LogP) is 1.33. The maximum absolute atomic E-state index is 12.5. The summed E-state index contributed by atoms with van der Waals surface area (Å²) in [6, 6.07) is 18.6. The molecule has 2 fully saturated rings. The third-order valence-electron chi connectivity index (χ3n) is 5.85. The van der Waals surface area contributed by atoms with Crippen LogP contribution in [-0.2, 0) is 19.2 Å². The normalized spacial score (nSPS) is 20.5. The van der Waals surface area contributed by atoms with Crippen LogP contribution >= 0.6 is 0 Å². The minimum absolute atomic E-state index is 0.0708. The highest BCUT2D eigenvalue weighted by Crippen LogP contribution is 2.26. The van der Waals surface area contributed by atoms with Crippen molar-refractivity contribution in [1.82, 2.24) is 10.6 Å². The second-order valence-corrected chi connectivity index (χ2v) is 8.06. The van der Waals surface area contributed by atoms with E-state index in [0.717, 1.165) is 11.4 Å². The lowest BCUT2D eigenvalue weighted by atomic mass is 10.1. The molecule has 2 atom stereocenters. The molecule has 2 aromatic rings. The largest absolute Gasteiger partial charge is 0.354 e. The molecular weight excluding hydrogens is 408 g/mol. The van der Waals surface area contributed by atoms with Crippen LogP contribution in [0.2, 0.25) is 0 Å². The Morgan fingerprint density at radius 2 is 1.06 bits per heavy atom. The third kappa shape index (κ3) is 4.80. The molecule has 2 N–H and O–H groups in total. The molecule has 0 aliphatic carbocycles. The second kappa shape index (κ2) is 9.64. The molecule has 4 amide bonds. The summed E-state index contributed by atoms with van der Waals surface area (Å²) >= 11 is 0. The number of rotatable bonds is 7. The average molecular weight is 434 g/mol. The summed E-state index contributed by atoms with van der Waals surface area (Å²) in [7, 11) is 0. The van der Waals surface area contributed by atoms with Gasteiger partial charge in [-0.2, -0.15) is 0 Å². The number of anilines is 2. The molecule has 0 radical (unpaired) electrons. The standard InChI is InChI=1S/C24H26N4O4/c29-21-13-17(15-27(21)19-7-3-1-4-8-19)23(31)25-11-12-26-24(32)18-14-22(30)28(16-18)20-9-5-2-6-10-20/h1-10,17-18H,11-16H2,(H,25,31)(H,26,32)/t17-,18-/m1/s1. The molecule has 2 heterocycles. The number of para-hydroxylation sites is 2. The fraction of sp³-hybridized carbons (Fsp3) is 0.333. The number of benzene rings is 2. The number of nitrogens with one attached hydrogen (secondary N) is 2. The van der Waals surface area contributed by atoms with Crippen molar-refractivity contribution in [1.29, 1.82) is 0 Å². The Labute approximate surface area is 186 Å². The SMILES string of the molecule is O=C(NCCNC(=O)[C@@H]1CC(=O)N(c2ccccc2)C1)[C@@H]1CC(=O)N(c2ccccc2)C1. The molecule has 8 heteroatoms. The van der Waals surface area contributed by atoms with Crippen LogP contribution in [0, 0.1) is 11.8 Å². The van der Waals surface area contributed by atoms with Gasteiger partial charge >= 0.3 is 0 Å². The molecule has 2 saturated heterocycles. The Kier molecular flexibility index (Phi) is 6.49. The quantitative estimate of drug-likeness (QED) is 0.642. The van der Waals surface area contributed by atoms with Gasteiger partial charge in [-0.25, -0.2) is 0 Å². The van der Waals surface area contributed by atoms with Crippen LogP contribution in [0.15, 0.2) is 60.7 Å². The zero-order valence-corrected chi connectivity index (χ0v) is 17.7.